The van der Waals surface area contributed by atoms with Gasteiger partial charge in [-0.3, -0.25) is 9.59 Å². The highest BCUT2D eigenvalue weighted by atomic mass is 35.5. The average molecular weight is 281 g/mol. The summed E-state index contributed by atoms with van der Waals surface area (Å²) in [7, 11) is 0. The minimum atomic E-state index is -0.646. The summed E-state index contributed by atoms with van der Waals surface area (Å²) < 4.78 is 0. The summed E-state index contributed by atoms with van der Waals surface area (Å²) in [4.78, 5) is 23.4. The maximum absolute atomic E-state index is 11.7. The predicted octanol–water partition coefficient (Wildman–Crippen LogP) is 2.65. The first-order chi connectivity index (χ1) is 9.06. The predicted molar refractivity (Wildman–Crippen MR) is 75.2 cm³/mol. The van der Waals surface area contributed by atoms with Crippen LogP contribution in [0.25, 0.3) is 0 Å². The second-order valence-electron chi connectivity index (χ2n) is 4.87. The number of benzene rings is 1. The number of rotatable bonds is 2. The summed E-state index contributed by atoms with van der Waals surface area (Å²) in [6, 6.07) is 5.30. The van der Waals surface area contributed by atoms with E-state index in [1.165, 1.54) is 0 Å². The zero-order valence-corrected chi connectivity index (χ0v) is 11.6. The van der Waals surface area contributed by atoms with Crippen molar-refractivity contribution in [3.8, 4) is 0 Å². The third-order valence-electron chi connectivity index (χ3n) is 3.33. The fourth-order valence-corrected chi connectivity index (χ4v) is 2.36. The van der Waals surface area contributed by atoms with E-state index in [9.17, 15) is 9.59 Å². The van der Waals surface area contributed by atoms with Gasteiger partial charge in [0.25, 0.3) is 0 Å². The molecular weight excluding hydrogens is 264 g/mol. The van der Waals surface area contributed by atoms with E-state index in [2.05, 4.69) is 10.6 Å². The van der Waals surface area contributed by atoms with Crippen LogP contribution in [0.2, 0.25) is 5.02 Å². The second-order valence-corrected chi connectivity index (χ2v) is 5.28. The van der Waals surface area contributed by atoms with Gasteiger partial charge in [0.15, 0.2) is 0 Å². The molecule has 0 atom stereocenters. The van der Waals surface area contributed by atoms with Crippen LogP contribution in [0.1, 0.15) is 31.2 Å². The van der Waals surface area contributed by atoms with E-state index in [-0.39, 0.29) is 6.04 Å². The summed E-state index contributed by atoms with van der Waals surface area (Å²) in [5, 5.41) is 5.85. The highest BCUT2D eigenvalue weighted by Crippen LogP contribution is 2.20. The van der Waals surface area contributed by atoms with Crippen molar-refractivity contribution >= 4 is 29.1 Å². The molecule has 0 aliphatic heterocycles. The van der Waals surface area contributed by atoms with Crippen LogP contribution in [-0.4, -0.2) is 17.9 Å². The van der Waals surface area contributed by atoms with Crippen LogP contribution in [0, 0.1) is 6.92 Å². The molecule has 0 saturated heterocycles. The van der Waals surface area contributed by atoms with Crippen LogP contribution < -0.4 is 10.6 Å². The number of amides is 2. The maximum atomic E-state index is 11.7. The third-order valence-corrected chi connectivity index (χ3v) is 3.73. The van der Waals surface area contributed by atoms with Gasteiger partial charge in [-0.1, -0.05) is 30.5 Å². The Labute approximate surface area is 117 Å². The lowest BCUT2D eigenvalue weighted by Gasteiger charge is -2.12. The Bertz CT molecular complexity index is 496. The van der Waals surface area contributed by atoms with Crippen LogP contribution >= 0.6 is 11.6 Å². The van der Waals surface area contributed by atoms with Crippen molar-refractivity contribution in [2.45, 2.75) is 38.6 Å². The van der Waals surface area contributed by atoms with Crippen molar-refractivity contribution in [2.24, 2.45) is 0 Å². The molecule has 0 spiro atoms. The molecule has 1 aromatic rings. The highest BCUT2D eigenvalue weighted by Gasteiger charge is 2.21. The number of aryl methyl sites for hydroxylation is 1. The summed E-state index contributed by atoms with van der Waals surface area (Å²) in [6.07, 6.45) is 4.13. The van der Waals surface area contributed by atoms with Crippen molar-refractivity contribution in [1.82, 2.24) is 5.32 Å². The lowest BCUT2D eigenvalue weighted by Crippen LogP contribution is -2.40. The summed E-state index contributed by atoms with van der Waals surface area (Å²) in [6.45, 7) is 1.88. The molecule has 0 bridgehead atoms. The zero-order chi connectivity index (χ0) is 13.8. The van der Waals surface area contributed by atoms with E-state index in [1.54, 1.807) is 18.2 Å². The number of hydrogen-bond acceptors (Lipinski definition) is 2. The lowest BCUT2D eigenvalue weighted by atomic mass is 10.2. The van der Waals surface area contributed by atoms with E-state index >= 15 is 0 Å². The van der Waals surface area contributed by atoms with Gasteiger partial charge in [-0.25, -0.2) is 0 Å². The van der Waals surface area contributed by atoms with Gasteiger partial charge in [-0.15, -0.1) is 0 Å². The van der Waals surface area contributed by atoms with Gasteiger partial charge >= 0.3 is 11.8 Å². The maximum Gasteiger partial charge on any atom is 0.313 e. The quantitative estimate of drug-likeness (QED) is 0.818. The molecule has 2 N–H and O–H groups in total. The van der Waals surface area contributed by atoms with Gasteiger partial charge in [-0.05, 0) is 37.5 Å². The van der Waals surface area contributed by atoms with E-state index in [1.807, 2.05) is 6.92 Å². The molecule has 19 heavy (non-hydrogen) atoms. The Morgan fingerprint density at radius 3 is 2.53 bits per heavy atom. The molecule has 4 nitrogen and oxygen atoms in total. The molecule has 1 aliphatic rings. The highest BCUT2D eigenvalue weighted by molar-refractivity contribution is 6.40. The number of carbonyl (C=O) groups excluding carboxylic acids is 2. The Kier molecular flexibility index (Phi) is 4.43. The van der Waals surface area contributed by atoms with E-state index in [0.717, 1.165) is 31.2 Å². The van der Waals surface area contributed by atoms with Crippen molar-refractivity contribution in [1.29, 1.82) is 0 Å². The van der Waals surface area contributed by atoms with E-state index in [0.29, 0.717) is 10.7 Å². The molecule has 102 valence electrons. The van der Waals surface area contributed by atoms with Crippen LogP contribution in [-0.2, 0) is 9.59 Å². The molecule has 0 radical (unpaired) electrons. The number of halogens is 1. The molecule has 1 saturated carbocycles. The van der Waals surface area contributed by atoms with Crippen LogP contribution in [0.3, 0.4) is 0 Å². The Morgan fingerprint density at radius 2 is 1.89 bits per heavy atom. The first kappa shape index (κ1) is 13.9. The zero-order valence-electron chi connectivity index (χ0n) is 10.8. The first-order valence-corrected chi connectivity index (χ1v) is 6.82. The summed E-state index contributed by atoms with van der Waals surface area (Å²) in [5.41, 5.74) is 1.46. The van der Waals surface area contributed by atoms with Gasteiger partial charge in [-0.2, -0.15) is 0 Å². The van der Waals surface area contributed by atoms with Gasteiger partial charge in [0, 0.05) is 16.8 Å². The smallest absolute Gasteiger partial charge is 0.313 e. The van der Waals surface area contributed by atoms with Gasteiger partial charge in [0.05, 0.1) is 0 Å². The largest absolute Gasteiger partial charge is 0.345 e. The number of anilines is 1. The Balaban J connectivity index is 1.92. The molecule has 1 fully saturated rings. The molecule has 0 heterocycles. The molecule has 2 rings (SSSR count). The fraction of sp³-hybridized carbons (Fsp3) is 0.429. The number of hydrogen-bond donors (Lipinski definition) is 2. The lowest BCUT2D eigenvalue weighted by molar-refractivity contribution is -0.136. The SMILES string of the molecule is Cc1ccc(NC(=O)C(=O)NC2CCCC2)cc1Cl. The summed E-state index contributed by atoms with van der Waals surface area (Å²) in [5.74, 6) is -1.23. The van der Waals surface area contributed by atoms with Crippen molar-refractivity contribution in [2.75, 3.05) is 5.32 Å². The van der Waals surface area contributed by atoms with E-state index in [4.69, 9.17) is 11.6 Å². The first-order valence-electron chi connectivity index (χ1n) is 6.44. The van der Waals surface area contributed by atoms with Gasteiger partial charge < -0.3 is 10.6 Å². The van der Waals surface area contributed by atoms with Gasteiger partial charge in [0.2, 0.25) is 0 Å². The molecule has 0 aromatic heterocycles. The minimum absolute atomic E-state index is 0.139. The third kappa shape index (κ3) is 3.70. The topological polar surface area (TPSA) is 58.2 Å². The Morgan fingerprint density at radius 1 is 1.21 bits per heavy atom. The molecule has 2 amide bonds. The molecule has 1 aliphatic carbocycles. The normalized spacial score (nSPS) is 15.3. The van der Waals surface area contributed by atoms with Crippen molar-refractivity contribution in [3.63, 3.8) is 0 Å². The standard InChI is InChI=1S/C14H17ClN2O2/c1-9-6-7-11(8-12(9)15)17-14(19)13(18)16-10-4-2-3-5-10/h6-8,10H,2-5H2,1H3,(H,16,18)(H,17,19). The number of nitrogens with one attached hydrogen (secondary N) is 2. The fourth-order valence-electron chi connectivity index (χ4n) is 2.18. The second kappa shape index (κ2) is 6.06. The van der Waals surface area contributed by atoms with Crippen molar-refractivity contribution in [3.05, 3.63) is 28.8 Å². The van der Waals surface area contributed by atoms with Crippen LogP contribution in [0.4, 0.5) is 5.69 Å². The average Bonchev–Trinajstić information content (AvgIpc) is 2.86. The molecule has 5 heteroatoms. The minimum Gasteiger partial charge on any atom is -0.345 e. The van der Waals surface area contributed by atoms with Gasteiger partial charge in [0.1, 0.15) is 0 Å². The molecule has 0 unspecified atom stereocenters. The Hall–Kier alpha value is -1.55. The molecule has 1 aromatic carbocycles. The number of carbonyl (C=O) groups is 2. The van der Waals surface area contributed by atoms with E-state index < -0.39 is 11.8 Å². The van der Waals surface area contributed by atoms with Crippen LogP contribution in [0.15, 0.2) is 18.2 Å². The molecular formula is C14H17ClN2O2. The summed E-state index contributed by atoms with van der Waals surface area (Å²) >= 11 is 5.96. The monoisotopic (exact) mass is 280 g/mol. The van der Waals surface area contributed by atoms with Crippen LogP contribution in [0.5, 0.6) is 0 Å². The van der Waals surface area contributed by atoms with Crippen molar-refractivity contribution < 1.29 is 9.59 Å².